The van der Waals surface area contributed by atoms with Gasteiger partial charge in [0.15, 0.2) is 6.29 Å². The van der Waals surface area contributed by atoms with Crippen LogP contribution >= 0.6 is 0 Å². The Morgan fingerprint density at radius 3 is 1.89 bits per heavy atom. The van der Waals surface area contributed by atoms with Gasteiger partial charge in [0.25, 0.3) is 0 Å². The average molecular weight is 260 g/mol. The molecule has 0 unspecified atom stereocenters. The summed E-state index contributed by atoms with van der Waals surface area (Å²) in [5.74, 6) is -1.39. The first-order chi connectivity index (χ1) is 8.60. The molecule has 18 heavy (non-hydrogen) atoms. The Hall–Kier alpha value is -1.40. The maximum absolute atomic E-state index is 11.3. The zero-order chi connectivity index (χ0) is 14.0. The number of esters is 2. The summed E-state index contributed by atoms with van der Waals surface area (Å²) in [7, 11) is 5.53. The number of rotatable bonds is 8. The second-order valence-electron chi connectivity index (χ2n) is 3.43. The van der Waals surface area contributed by atoms with Gasteiger partial charge in [0.1, 0.15) is 5.57 Å². The van der Waals surface area contributed by atoms with Crippen LogP contribution in [0.15, 0.2) is 11.6 Å². The number of hydrogen-bond acceptors (Lipinski definition) is 6. The highest BCUT2D eigenvalue weighted by Gasteiger charge is 2.18. The summed E-state index contributed by atoms with van der Waals surface area (Å²) in [5.41, 5.74) is -0.0913. The van der Waals surface area contributed by atoms with Gasteiger partial charge in [-0.15, -0.1) is 0 Å². The van der Waals surface area contributed by atoms with Crippen molar-refractivity contribution >= 4 is 11.9 Å². The topological polar surface area (TPSA) is 71.1 Å². The van der Waals surface area contributed by atoms with Crippen molar-refractivity contribution in [2.24, 2.45) is 0 Å². The van der Waals surface area contributed by atoms with Crippen LogP contribution in [0.1, 0.15) is 19.3 Å². The zero-order valence-corrected chi connectivity index (χ0v) is 11.2. The fraction of sp³-hybridized carbons (Fsp3) is 0.667. The number of carbonyl (C=O) groups excluding carboxylic acids is 2. The average Bonchev–Trinajstić information content (AvgIpc) is 2.41. The third kappa shape index (κ3) is 5.79. The Morgan fingerprint density at radius 1 is 1.00 bits per heavy atom. The van der Waals surface area contributed by atoms with E-state index in [-0.39, 0.29) is 11.9 Å². The van der Waals surface area contributed by atoms with Crippen molar-refractivity contribution < 1.29 is 28.5 Å². The van der Waals surface area contributed by atoms with E-state index < -0.39 is 11.9 Å². The monoisotopic (exact) mass is 260 g/mol. The Balaban J connectivity index is 4.33. The number of unbranched alkanes of at least 4 members (excludes halogenated alkanes) is 1. The van der Waals surface area contributed by atoms with E-state index in [4.69, 9.17) is 9.47 Å². The summed E-state index contributed by atoms with van der Waals surface area (Å²) in [4.78, 5) is 22.6. The molecule has 0 heterocycles. The summed E-state index contributed by atoms with van der Waals surface area (Å²) < 4.78 is 19.0. The van der Waals surface area contributed by atoms with Gasteiger partial charge >= 0.3 is 11.9 Å². The molecule has 104 valence electrons. The lowest BCUT2D eigenvalue weighted by molar-refractivity contribution is -0.144. The van der Waals surface area contributed by atoms with Crippen LogP contribution in [-0.4, -0.2) is 46.7 Å². The molecule has 0 aromatic carbocycles. The molecule has 0 rings (SSSR count). The molecule has 0 radical (unpaired) electrons. The van der Waals surface area contributed by atoms with Crippen molar-refractivity contribution in [3.8, 4) is 0 Å². The van der Waals surface area contributed by atoms with Crippen molar-refractivity contribution in [2.45, 2.75) is 25.6 Å². The lowest BCUT2D eigenvalue weighted by atomic mass is 10.1. The molecule has 0 saturated carbocycles. The third-order valence-electron chi connectivity index (χ3n) is 2.33. The number of methoxy groups -OCH3 is 4. The van der Waals surface area contributed by atoms with Crippen molar-refractivity contribution in [2.75, 3.05) is 28.4 Å². The predicted molar refractivity (Wildman–Crippen MR) is 63.8 cm³/mol. The Kier molecular flexibility index (Phi) is 8.86. The van der Waals surface area contributed by atoms with Gasteiger partial charge in [-0.2, -0.15) is 0 Å². The van der Waals surface area contributed by atoms with Crippen LogP contribution in [0.25, 0.3) is 0 Å². The smallest absolute Gasteiger partial charge is 0.344 e. The highest BCUT2D eigenvalue weighted by atomic mass is 16.7. The van der Waals surface area contributed by atoms with E-state index in [9.17, 15) is 9.59 Å². The zero-order valence-electron chi connectivity index (χ0n) is 11.2. The molecule has 0 bridgehead atoms. The summed E-state index contributed by atoms with van der Waals surface area (Å²) in [6.45, 7) is 0. The molecule has 0 aliphatic rings. The molecule has 0 aromatic heterocycles. The minimum atomic E-state index is -0.697. The van der Waals surface area contributed by atoms with Crippen molar-refractivity contribution in [1.82, 2.24) is 0 Å². The van der Waals surface area contributed by atoms with Gasteiger partial charge in [0.05, 0.1) is 14.2 Å². The minimum absolute atomic E-state index is 0.0913. The van der Waals surface area contributed by atoms with E-state index in [1.54, 1.807) is 14.2 Å². The molecule has 0 aliphatic carbocycles. The quantitative estimate of drug-likeness (QED) is 0.162. The second-order valence-corrected chi connectivity index (χ2v) is 3.43. The van der Waals surface area contributed by atoms with Crippen LogP contribution in [0.3, 0.4) is 0 Å². The number of carbonyl (C=O) groups is 2. The van der Waals surface area contributed by atoms with Crippen LogP contribution < -0.4 is 0 Å². The Morgan fingerprint density at radius 2 is 1.50 bits per heavy atom. The largest absolute Gasteiger partial charge is 0.465 e. The van der Waals surface area contributed by atoms with E-state index in [2.05, 4.69) is 9.47 Å². The van der Waals surface area contributed by atoms with Crippen LogP contribution in [0, 0.1) is 0 Å². The maximum Gasteiger partial charge on any atom is 0.344 e. The number of allylic oxidation sites excluding steroid dienone is 1. The molecular weight excluding hydrogens is 240 g/mol. The molecule has 0 amide bonds. The standard InChI is InChI=1S/C12H20O6/c1-15-10(16-2)8-6-5-7-9(11(13)17-3)12(14)18-4/h7,10H,5-6,8H2,1-4H3. The van der Waals surface area contributed by atoms with Crippen molar-refractivity contribution in [1.29, 1.82) is 0 Å². The second kappa shape index (κ2) is 9.61. The highest BCUT2D eigenvalue weighted by Crippen LogP contribution is 2.09. The molecule has 0 aliphatic heterocycles. The van der Waals surface area contributed by atoms with E-state index in [0.29, 0.717) is 19.3 Å². The summed E-state index contributed by atoms with van der Waals surface area (Å²) in [5, 5.41) is 0. The molecule has 6 nitrogen and oxygen atoms in total. The summed E-state index contributed by atoms with van der Waals surface area (Å²) in [6, 6.07) is 0. The lowest BCUT2D eigenvalue weighted by Gasteiger charge is -2.12. The van der Waals surface area contributed by atoms with Crippen LogP contribution in [0.4, 0.5) is 0 Å². The number of ether oxygens (including phenoxy) is 4. The van der Waals surface area contributed by atoms with Gasteiger partial charge in [0.2, 0.25) is 0 Å². The van der Waals surface area contributed by atoms with Gasteiger partial charge in [-0.25, -0.2) is 9.59 Å². The van der Waals surface area contributed by atoms with Gasteiger partial charge in [-0.05, 0) is 19.3 Å². The van der Waals surface area contributed by atoms with E-state index in [0.717, 1.165) is 0 Å². The first-order valence-corrected chi connectivity index (χ1v) is 5.53. The van der Waals surface area contributed by atoms with E-state index >= 15 is 0 Å². The van der Waals surface area contributed by atoms with Gasteiger partial charge in [-0.3, -0.25) is 0 Å². The molecule has 6 heteroatoms. The van der Waals surface area contributed by atoms with Crippen LogP contribution in [0.2, 0.25) is 0 Å². The molecule has 0 atom stereocenters. The molecule has 0 saturated heterocycles. The first kappa shape index (κ1) is 16.6. The van der Waals surface area contributed by atoms with Gasteiger partial charge in [-0.1, -0.05) is 6.08 Å². The molecule has 0 N–H and O–H groups in total. The fourth-order valence-corrected chi connectivity index (χ4v) is 1.33. The van der Waals surface area contributed by atoms with Crippen molar-refractivity contribution in [3.63, 3.8) is 0 Å². The van der Waals surface area contributed by atoms with Gasteiger partial charge in [0, 0.05) is 14.2 Å². The first-order valence-electron chi connectivity index (χ1n) is 5.53. The summed E-state index contributed by atoms with van der Waals surface area (Å²) in [6.07, 6.45) is 3.13. The minimum Gasteiger partial charge on any atom is -0.465 e. The van der Waals surface area contributed by atoms with E-state index in [1.165, 1.54) is 20.3 Å². The van der Waals surface area contributed by atoms with Crippen LogP contribution in [0.5, 0.6) is 0 Å². The van der Waals surface area contributed by atoms with Crippen molar-refractivity contribution in [3.05, 3.63) is 11.6 Å². The maximum atomic E-state index is 11.3. The normalized spacial score (nSPS) is 10.1. The molecule has 0 aromatic rings. The summed E-state index contributed by atoms with van der Waals surface area (Å²) >= 11 is 0. The lowest BCUT2D eigenvalue weighted by Crippen LogP contribution is -2.16. The Bertz CT molecular complexity index is 275. The third-order valence-corrected chi connectivity index (χ3v) is 2.33. The van der Waals surface area contributed by atoms with E-state index in [1.807, 2.05) is 0 Å². The number of hydrogen-bond donors (Lipinski definition) is 0. The molecule has 0 spiro atoms. The van der Waals surface area contributed by atoms with Crippen LogP contribution in [-0.2, 0) is 28.5 Å². The fourth-order valence-electron chi connectivity index (χ4n) is 1.33. The van der Waals surface area contributed by atoms with Gasteiger partial charge < -0.3 is 18.9 Å². The highest BCUT2D eigenvalue weighted by molar-refractivity contribution is 6.13. The molecular formula is C12H20O6. The Labute approximate surface area is 107 Å². The SMILES string of the molecule is COC(=O)C(=CCCCC(OC)OC)C(=O)OC. The predicted octanol–water partition coefficient (Wildman–Crippen LogP) is 1.05. The molecule has 0 fully saturated rings.